The third-order valence-electron chi connectivity index (χ3n) is 2.60. The minimum atomic E-state index is 0.128. The SMILES string of the molecule is Cc1ccc(C(=O)N2CCCC(Cl)C2)s1. The molecule has 2 rings (SSSR count). The van der Waals surface area contributed by atoms with Crippen LogP contribution in [0, 0.1) is 6.92 Å². The van der Waals surface area contributed by atoms with Crippen molar-refractivity contribution in [3.63, 3.8) is 0 Å². The number of amides is 1. The van der Waals surface area contributed by atoms with E-state index in [2.05, 4.69) is 0 Å². The Bertz CT molecular complexity index is 363. The van der Waals surface area contributed by atoms with Gasteiger partial charge in [0, 0.05) is 18.0 Å². The fraction of sp³-hybridized carbons (Fsp3) is 0.545. The molecular formula is C11H14ClNOS. The van der Waals surface area contributed by atoms with Crippen molar-refractivity contribution < 1.29 is 4.79 Å². The maximum atomic E-state index is 12.0. The first-order valence-electron chi connectivity index (χ1n) is 5.16. The van der Waals surface area contributed by atoms with E-state index < -0.39 is 0 Å². The summed E-state index contributed by atoms with van der Waals surface area (Å²) in [6.45, 7) is 3.55. The lowest BCUT2D eigenvalue weighted by molar-refractivity contribution is 0.0732. The minimum Gasteiger partial charge on any atom is -0.336 e. The fourth-order valence-corrected chi connectivity index (χ4v) is 2.97. The predicted octanol–water partition coefficient (Wildman–Crippen LogP) is 2.90. The standard InChI is InChI=1S/C11H14ClNOS/c1-8-4-5-10(15-8)11(14)13-6-2-3-9(12)7-13/h4-5,9H,2-3,6-7H2,1H3. The van der Waals surface area contributed by atoms with E-state index in [0.29, 0.717) is 6.54 Å². The molecule has 1 fully saturated rings. The highest BCUT2D eigenvalue weighted by atomic mass is 35.5. The first-order chi connectivity index (χ1) is 7.16. The molecule has 15 heavy (non-hydrogen) atoms. The lowest BCUT2D eigenvalue weighted by Gasteiger charge is -2.29. The summed E-state index contributed by atoms with van der Waals surface area (Å²) in [5.41, 5.74) is 0. The molecule has 2 heterocycles. The summed E-state index contributed by atoms with van der Waals surface area (Å²) in [7, 11) is 0. The zero-order valence-electron chi connectivity index (χ0n) is 8.70. The highest BCUT2D eigenvalue weighted by molar-refractivity contribution is 7.13. The number of nitrogens with zero attached hydrogens (tertiary/aromatic N) is 1. The van der Waals surface area contributed by atoms with Crippen LogP contribution in [0.3, 0.4) is 0 Å². The Hall–Kier alpha value is -0.540. The number of carbonyl (C=O) groups excluding carboxylic acids is 1. The molecule has 1 aliphatic rings. The molecule has 1 amide bonds. The largest absolute Gasteiger partial charge is 0.336 e. The van der Waals surface area contributed by atoms with Gasteiger partial charge in [-0.1, -0.05) is 0 Å². The van der Waals surface area contributed by atoms with E-state index in [4.69, 9.17) is 11.6 Å². The molecule has 1 saturated heterocycles. The Morgan fingerprint density at radius 1 is 1.60 bits per heavy atom. The minimum absolute atomic E-state index is 0.128. The summed E-state index contributed by atoms with van der Waals surface area (Å²) in [6.07, 6.45) is 2.04. The number of alkyl halides is 1. The highest BCUT2D eigenvalue weighted by Crippen LogP contribution is 2.21. The Kier molecular flexibility index (Phi) is 3.32. The van der Waals surface area contributed by atoms with Gasteiger partial charge in [-0.3, -0.25) is 4.79 Å². The number of carbonyl (C=O) groups is 1. The molecule has 1 unspecified atom stereocenters. The summed E-state index contributed by atoms with van der Waals surface area (Å²) < 4.78 is 0. The van der Waals surface area contributed by atoms with Gasteiger partial charge < -0.3 is 4.90 Å². The van der Waals surface area contributed by atoms with Crippen LogP contribution in [-0.4, -0.2) is 29.3 Å². The molecule has 82 valence electrons. The fourth-order valence-electron chi connectivity index (χ4n) is 1.82. The zero-order valence-corrected chi connectivity index (χ0v) is 10.3. The van der Waals surface area contributed by atoms with Gasteiger partial charge in [0.1, 0.15) is 0 Å². The second-order valence-electron chi connectivity index (χ2n) is 3.90. The first-order valence-corrected chi connectivity index (χ1v) is 6.42. The Labute approximate surface area is 98.8 Å². The lowest BCUT2D eigenvalue weighted by Crippen LogP contribution is -2.40. The Morgan fingerprint density at radius 2 is 2.40 bits per heavy atom. The van der Waals surface area contributed by atoms with Gasteiger partial charge in [0.15, 0.2) is 0 Å². The molecule has 0 aliphatic carbocycles. The average molecular weight is 244 g/mol. The van der Waals surface area contributed by atoms with Gasteiger partial charge in [-0.25, -0.2) is 0 Å². The molecule has 0 bridgehead atoms. The van der Waals surface area contributed by atoms with Crippen molar-refractivity contribution in [3.05, 3.63) is 21.9 Å². The maximum absolute atomic E-state index is 12.0. The van der Waals surface area contributed by atoms with Gasteiger partial charge in [0.05, 0.1) is 10.3 Å². The van der Waals surface area contributed by atoms with Crippen LogP contribution in [0.1, 0.15) is 27.4 Å². The Balaban J connectivity index is 2.07. The van der Waals surface area contributed by atoms with E-state index in [-0.39, 0.29) is 11.3 Å². The molecule has 0 N–H and O–H groups in total. The number of rotatable bonds is 1. The van der Waals surface area contributed by atoms with E-state index in [9.17, 15) is 4.79 Å². The number of likely N-dealkylation sites (tertiary alicyclic amines) is 1. The smallest absolute Gasteiger partial charge is 0.263 e. The molecule has 2 nitrogen and oxygen atoms in total. The summed E-state index contributed by atoms with van der Waals surface area (Å²) in [6, 6.07) is 3.89. The van der Waals surface area contributed by atoms with Gasteiger partial charge in [-0.2, -0.15) is 0 Å². The van der Waals surface area contributed by atoms with Crippen molar-refractivity contribution in [3.8, 4) is 0 Å². The molecule has 0 radical (unpaired) electrons. The van der Waals surface area contributed by atoms with Crippen LogP contribution in [0.2, 0.25) is 0 Å². The Morgan fingerprint density at radius 3 is 3.00 bits per heavy atom. The number of aryl methyl sites for hydroxylation is 1. The molecule has 0 spiro atoms. The van der Waals surface area contributed by atoms with Crippen LogP contribution in [0.25, 0.3) is 0 Å². The summed E-state index contributed by atoms with van der Waals surface area (Å²) in [4.78, 5) is 15.9. The van der Waals surface area contributed by atoms with Crippen molar-refractivity contribution in [2.75, 3.05) is 13.1 Å². The second kappa shape index (κ2) is 4.54. The first kappa shape index (κ1) is 11.0. The topological polar surface area (TPSA) is 20.3 Å². The number of piperidine rings is 1. The zero-order chi connectivity index (χ0) is 10.8. The van der Waals surface area contributed by atoms with E-state index in [1.165, 1.54) is 4.88 Å². The van der Waals surface area contributed by atoms with Crippen LogP contribution in [-0.2, 0) is 0 Å². The summed E-state index contributed by atoms with van der Waals surface area (Å²) >= 11 is 7.61. The van der Waals surface area contributed by atoms with Crippen LogP contribution in [0.4, 0.5) is 0 Å². The number of halogens is 1. The van der Waals surface area contributed by atoms with Crippen LogP contribution in [0.5, 0.6) is 0 Å². The second-order valence-corrected chi connectivity index (χ2v) is 5.81. The van der Waals surface area contributed by atoms with Crippen molar-refractivity contribution in [1.82, 2.24) is 4.90 Å². The monoisotopic (exact) mass is 243 g/mol. The van der Waals surface area contributed by atoms with Crippen molar-refractivity contribution >= 4 is 28.8 Å². The van der Waals surface area contributed by atoms with Crippen molar-refractivity contribution in [1.29, 1.82) is 0 Å². The molecule has 4 heteroatoms. The van der Waals surface area contributed by atoms with Gasteiger partial charge in [-0.15, -0.1) is 22.9 Å². The van der Waals surface area contributed by atoms with Crippen molar-refractivity contribution in [2.45, 2.75) is 25.1 Å². The molecule has 0 saturated carbocycles. The van der Waals surface area contributed by atoms with Crippen LogP contribution >= 0.6 is 22.9 Å². The quantitative estimate of drug-likeness (QED) is 0.695. The highest BCUT2D eigenvalue weighted by Gasteiger charge is 2.23. The van der Waals surface area contributed by atoms with E-state index in [1.807, 2.05) is 24.0 Å². The molecule has 1 aromatic heterocycles. The number of thiophene rings is 1. The van der Waals surface area contributed by atoms with E-state index >= 15 is 0 Å². The molecular weight excluding hydrogens is 230 g/mol. The van der Waals surface area contributed by atoms with Crippen LogP contribution < -0.4 is 0 Å². The average Bonchev–Trinajstić information content (AvgIpc) is 2.64. The third-order valence-corrected chi connectivity index (χ3v) is 3.95. The van der Waals surface area contributed by atoms with E-state index in [1.54, 1.807) is 11.3 Å². The maximum Gasteiger partial charge on any atom is 0.263 e. The normalized spacial score (nSPS) is 21.7. The molecule has 1 aliphatic heterocycles. The van der Waals surface area contributed by atoms with Gasteiger partial charge in [0.2, 0.25) is 0 Å². The molecule has 1 aromatic rings. The van der Waals surface area contributed by atoms with E-state index in [0.717, 1.165) is 24.3 Å². The van der Waals surface area contributed by atoms with Crippen LogP contribution in [0.15, 0.2) is 12.1 Å². The summed E-state index contributed by atoms with van der Waals surface area (Å²) in [5.74, 6) is 0.137. The lowest BCUT2D eigenvalue weighted by atomic mass is 10.1. The van der Waals surface area contributed by atoms with Gasteiger partial charge in [-0.05, 0) is 31.9 Å². The number of hydrogen-bond acceptors (Lipinski definition) is 2. The molecule has 0 aromatic carbocycles. The third kappa shape index (κ3) is 2.52. The van der Waals surface area contributed by atoms with Crippen molar-refractivity contribution in [2.24, 2.45) is 0 Å². The van der Waals surface area contributed by atoms with Gasteiger partial charge in [0.25, 0.3) is 5.91 Å². The molecule has 1 atom stereocenters. The van der Waals surface area contributed by atoms with Gasteiger partial charge >= 0.3 is 0 Å². The number of hydrogen-bond donors (Lipinski definition) is 0. The summed E-state index contributed by atoms with van der Waals surface area (Å²) in [5, 5.41) is 0.128. The predicted molar refractivity (Wildman–Crippen MR) is 63.8 cm³/mol.